The molecule has 0 aromatic heterocycles. The lowest BCUT2D eigenvalue weighted by Gasteiger charge is -2.61. The Morgan fingerprint density at radius 1 is 0.836 bits per heavy atom. The minimum Gasteiger partial charge on any atom is -0.458 e. The molecule has 9 N–H and O–H groups in total. The fraction of sp³-hybridized carbons (Fsp3) is 0.875. The van der Waals surface area contributed by atoms with Gasteiger partial charge in [0.2, 0.25) is 0 Å². The van der Waals surface area contributed by atoms with Gasteiger partial charge in [0.1, 0.15) is 54.9 Å². The van der Waals surface area contributed by atoms with E-state index in [2.05, 4.69) is 20.8 Å². The second-order valence-electron chi connectivity index (χ2n) is 18.2. The average Bonchev–Trinajstić information content (AvgIpc) is 3.50. The molecular weight excluding hydrogens is 720 g/mol. The molecule has 0 spiro atoms. The fourth-order valence-corrected chi connectivity index (χ4v) is 11.9. The van der Waals surface area contributed by atoms with Crippen LogP contribution < -0.4 is 0 Å². The summed E-state index contributed by atoms with van der Waals surface area (Å²) in [5.41, 5.74) is 1.96. The molecule has 2 saturated heterocycles. The number of hydrogen-bond acceptors (Lipinski definition) is 15. The Bertz CT molecular complexity index is 1490. The Hall–Kier alpha value is -1.57. The molecule has 0 aromatic rings. The molecule has 15 heteroatoms. The molecular formula is C40H62O15. The van der Waals surface area contributed by atoms with Gasteiger partial charge in [-0.05, 0) is 81.0 Å². The second kappa shape index (κ2) is 15.6. The SMILES string of the molecule is CC1=C(C)C(=O)O[C@@H]([C@@H](C)[C@H]2CC[C@H]3[C@@H]4[C@H](O)C=C5C[C@@H](O[C@@H]6O[C@H](CO[C@@H]7O[C@H](CO)[C@@H](O)[C@H](O)[C@H]7O)[C@@H](O)[C@H](O)[C@H]6O)C[C@H](O)[C@]5(C)[C@H]4CC[C@]23C)C1. The number of esters is 1. The maximum atomic E-state index is 12.6. The molecule has 5 fully saturated rings. The largest absolute Gasteiger partial charge is 0.458 e. The van der Waals surface area contributed by atoms with E-state index in [-0.39, 0.29) is 47.6 Å². The van der Waals surface area contributed by atoms with Crippen molar-refractivity contribution in [1.82, 2.24) is 0 Å². The van der Waals surface area contributed by atoms with E-state index in [4.69, 9.17) is 23.7 Å². The topological polar surface area (TPSA) is 245 Å². The summed E-state index contributed by atoms with van der Waals surface area (Å²) in [4.78, 5) is 12.6. The number of cyclic esters (lactones) is 1. The van der Waals surface area contributed by atoms with Crippen molar-refractivity contribution >= 4 is 5.97 Å². The van der Waals surface area contributed by atoms with Crippen LogP contribution in [0.1, 0.15) is 79.6 Å². The van der Waals surface area contributed by atoms with Gasteiger partial charge in [-0.1, -0.05) is 38.0 Å². The van der Waals surface area contributed by atoms with Crippen molar-refractivity contribution in [3.63, 3.8) is 0 Å². The molecule has 3 aliphatic heterocycles. The molecule has 21 atom stereocenters. The smallest absolute Gasteiger partial charge is 0.333 e. The summed E-state index contributed by atoms with van der Waals surface area (Å²) in [5, 5.41) is 96.2. The summed E-state index contributed by atoms with van der Waals surface area (Å²) >= 11 is 0. The maximum Gasteiger partial charge on any atom is 0.333 e. The number of rotatable bonds is 8. The first-order valence-electron chi connectivity index (χ1n) is 20.1. The number of carbonyl (C=O) groups excluding carboxylic acids is 1. The second-order valence-corrected chi connectivity index (χ2v) is 18.2. The number of hydrogen-bond donors (Lipinski definition) is 9. The van der Waals surface area contributed by atoms with Gasteiger partial charge in [-0.2, -0.15) is 0 Å². The van der Waals surface area contributed by atoms with Crippen LogP contribution in [0.15, 0.2) is 22.8 Å². The van der Waals surface area contributed by atoms with Crippen LogP contribution in [-0.2, 0) is 28.5 Å². The zero-order chi connectivity index (χ0) is 39.9. The van der Waals surface area contributed by atoms with Gasteiger partial charge in [0.25, 0.3) is 0 Å². The molecule has 0 aromatic carbocycles. The third kappa shape index (κ3) is 6.96. The van der Waals surface area contributed by atoms with E-state index in [0.717, 1.165) is 43.3 Å². The van der Waals surface area contributed by atoms with Gasteiger partial charge < -0.3 is 69.6 Å². The molecule has 0 amide bonds. The highest BCUT2D eigenvalue weighted by Crippen LogP contribution is 2.67. The number of aliphatic hydroxyl groups is 9. The highest BCUT2D eigenvalue weighted by Gasteiger charge is 2.64. The van der Waals surface area contributed by atoms with Crippen LogP contribution in [0, 0.1) is 40.4 Å². The Morgan fingerprint density at radius 3 is 2.16 bits per heavy atom. The first-order chi connectivity index (χ1) is 25.9. The summed E-state index contributed by atoms with van der Waals surface area (Å²) < 4.78 is 28.9. The Morgan fingerprint density at radius 2 is 1.49 bits per heavy atom. The first-order valence-corrected chi connectivity index (χ1v) is 20.1. The molecule has 7 rings (SSSR count). The molecule has 0 radical (unpaired) electrons. The van der Waals surface area contributed by atoms with Crippen LogP contribution >= 0.6 is 0 Å². The molecule has 0 bridgehead atoms. The number of carbonyl (C=O) groups is 1. The molecule has 3 saturated carbocycles. The lowest BCUT2D eigenvalue weighted by Crippen LogP contribution is -2.62. The van der Waals surface area contributed by atoms with Crippen LogP contribution in [0.4, 0.5) is 0 Å². The first kappa shape index (κ1) is 41.6. The van der Waals surface area contributed by atoms with Crippen LogP contribution in [0.2, 0.25) is 0 Å². The predicted octanol–water partition coefficient (Wildman–Crippen LogP) is -0.196. The normalized spacial score (nSPS) is 52.1. The number of aliphatic hydroxyl groups excluding tert-OH is 9. The molecule has 55 heavy (non-hydrogen) atoms. The van der Waals surface area contributed by atoms with Gasteiger partial charge in [-0.3, -0.25) is 0 Å². The molecule has 3 heterocycles. The number of ether oxygens (including phenoxy) is 5. The highest BCUT2D eigenvalue weighted by molar-refractivity contribution is 5.89. The lowest BCUT2D eigenvalue weighted by molar-refractivity contribution is -0.337. The summed E-state index contributed by atoms with van der Waals surface area (Å²) in [6, 6.07) is 0. The number of fused-ring (bicyclic) bond motifs is 5. The third-order valence-electron chi connectivity index (χ3n) is 15.5. The minimum atomic E-state index is -1.71. The van der Waals surface area contributed by atoms with Crippen LogP contribution in [0.3, 0.4) is 0 Å². The Labute approximate surface area is 321 Å². The van der Waals surface area contributed by atoms with Crippen molar-refractivity contribution in [3.05, 3.63) is 22.8 Å². The standard InChI is InChI=1S/C40H62O15/c1-16-10-25(53-36(50)17(16)2)18(3)21-6-7-22-29-23(8-9-39(21,22)4)40(5)19(12-24(29)42)11-20(13-28(40)43)52-38-35(49)33(47)31(45)27(55-38)15-51-37-34(48)32(46)30(44)26(14-41)54-37/h12,18,20-35,37-38,41-49H,6-11,13-15H2,1-5H3/t18-,20+,21+,22-,23-,24+,25+,26+,27+,28-,29-,30+,31+,32-,33-,34+,35+,37+,38+,39+,40-/m0/s1. The Kier molecular flexibility index (Phi) is 11.8. The van der Waals surface area contributed by atoms with E-state index < -0.39 is 98.4 Å². The third-order valence-corrected chi connectivity index (χ3v) is 15.5. The fourth-order valence-electron chi connectivity index (χ4n) is 11.9. The van der Waals surface area contributed by atoms with Crippen molar-refractivity contribution in [2.45, 2.75) is 165 Å². The van der Waals surface area contributed by atoms with Gasteiger partial charge >= 0.3 is 5.97 Å². The lowest BCUT2D eigenvalue weighted by atomic mass is 9.45. The molecule has 312 valence electrons. The van der Waals surface area contributed by atoms with Crippen molar-refractivity contribution in [1.29, 1.82) is 0 Å². The van der Waals surface area contributed by atoms with E-state index in [1.807, 2.05) is 19.9 Å². The zero-order valence-electron chi connectivity index (χ0n) is 32.4. The summed E-state index contributed by atoms with van der Waals surface area (Å²) in [5.74, 6) is 0.439. The Balaban J connectivity index is 1.02. The van der Waals surface area contributed by atoms with Gasteiger partial charge in [0.15, 0.2) is 12.6 Å². The van der Waals surface area contributed by atoms with Crippen LogP contribution in [0.25, 0.3) is 0 Å². The van der Waals surface area contributed by atoms with Crippen molar-refractivity contribution in [3.8, 4) is 0 Å². The molecule has 4 aliphatic carbocycles. The van der Waals surface area contributed by atoms with Gasteiger partial charge in [-0.15, -0.1) is 0 Å². The molecule has 15 nitrogen and oxygen atoms in total. The highest BCUT2D eigenvalue weighted by atomic mass is 16.7. The van der Waals surface area contributed by atoms with E-state index >= 15 is 0 Å². The van der Waals surface area contributed by atoms with E-state index in [1.54, 1.807) is 0 Å². The van der Waals surface area contributed by atoms with Crippen LogP contribution in [-0.4, -0.2) is 151 Å². The van der Waals surface area contributed by atoms with Crippen molar-refractivity contribution in [2.24, 2.45) is 40.4 Å². The quantitative estimate of drug-likeness (QED) is 0.114. The average molecular weight is 783 g/mol. The van der Waals surface area contributed by atoms with E-state index in [1.165, 1.54) is 0 Å². The van der Waals surface area contributed by atoms with Gasteiger partial charge in [-0.25, -0.2) is 4.79 Å². The summed E-state index contributed by atoms with van der Waals surface area (Å²) in [6.07, 6.45) is -11.0. The summed E-state index contributed by atoms with van der Waals surface area (Å²) in [7, 11) is 0. The van der Waals surface area contributed by atoms with E-state index in [9.17, 15) is 50.8 Å². The van der Waals surface area contributed by atoms with Gasteiger partial charge in [0.05, 0.1) is 31.5 Å². The summed E-state index contributed by atoms with van der Waals surface area (Å²) in [6.45, 7) is 9.32. The monoisotopic (exact) mass is 782 g/mol. The van der Waals surface area contributed by atoms with Crippen molar-refractivity contribution in [2.75, 3.05) is 13.2 Å². The molecule has 0 unspecified atom stereocenters. The van der Waals surface area contributed by atoms with E-state index in [0.29, 0.717) is 17.9 Å². The maximum absolute atomic E-state index is 12.6. The van der Waals surface area contributed by atoms with Crippen molar-refractivity contribution < 1.29 is 74.4 Å². The molecule has 7 aliphatic rings. The van der Waals surface area contributed by atoms with Crippen LogP contribution in [0.5, 0.6) is 0 Å². The minimum absolute atomic E-state index is 0.0170. The zero-order valence-corrected chi connectivity index (χ0v) is 32.4. The predicted molar refractivity (Wildman–Crippen MR) is 191 cm³/mol. The van der Waals surface area contributed by atoms with Gasteiger partial charge in [0, 0.05) is 23.8 Å².